The molecule has 12 N–H and O–H groups in total. The van der Waals surface area contributed by atoms with Gasteiger partial charge in [0.15, 0.2) is 0 Å². The zero-order valence-electron chi connectivity index (χ0n) is 11.4. The normalized spacial score (nSPS) is 5.08. The van der Waals surface area contributed by atoms with Crippen molar-refractivity contribution in [3.63, 3.8) is 0 Å². The minimum Gasteiger partial charge on any atom is -0.543 e. The Balaban J connectivity index is -0.0000000125. The van der Waals surface area contributed by atoms with Gasteiger partial charge in [0.25, 0.3) is 0 Å². The molecule has 0 saturated carbocycles. The van der Waals surface area contributed by atoms with Crippen molar-refractivity contribution >= 4 is 35.8 Å². The monoisotopic (exact) mass is 720 g/mol. The van der Waals surface area contributed by atoms with Crippen molar-refractivity contribution in [2.75, 3.05) is 0 Å². The molecule has 0 rings (SSSR count). The molecule has 0 aromatic rings. The zero-order chi connectivity index (χ0) is 15.5. The maximum atomic E-state index is 8.93. The molecule has 2 radical (unpaired) electrons. The largest absolute Gasteiger partial charge is 3.00 e. The number of hydrogen-bond acceptors (Lipinski definition) is 12. The molecule has 0 aromatic carbocycles. The van der Waals surface area contributed by atoms with Gasteiger partial charge in [-0.25, -0.2) is 0 Å². The summed E-state index contributed by atoms with van der Waals surface area (Å²) in [7, 11) is 0. The Bertz CT molecular complexity index is 285. The van der Waals surface area contributed by atoms with Crippen LogP contribution in [0.4, 0.5) is 0 Å². The number of carbonyl (C=O) groups is 6. The Morgan fingerprint density at radius 3 is 0.346 bits per heavy atom. The van der Waals surface area contributed by atoms with Crippen LogP contribution in [0, 0.1) is 93.8 Å². The van der Waals surface area contributed by atoms with E-state index in [4.69, 9.17) is 59.4 Å². The Hall–Kier alpha value is -0.381. The van der Waals surface area contributed by atoms with Gasteiger partial charge in [0.1, 0.15) is 0 Å². The van der Waals surface area contributed by atoms with Crippen LogP contribution in [0.3, 0.4) is 0 Å². The van der Waals surface area contributed by atoms with E-state index in [1.807, 2.05) is 0 Å². The van der Waals surface area contributed by atoms with E-state index in [1.165, 1.54) is 0 Å². The first-order chi connectivity index (χ1) is 7.93. The molecular weight excluding hydrogens is 706 g/mol. The van der Waals surface area contributed by atoms with Crippen molar-refractivity contribution in [2.24, 2.45) is 0 Å². The molecule has 172 valence electrons. The summed E-state index contributed by atoms with van der Waals surface area (Å²) in [5.74, 6) is -13.1. The fourth-order valence-corrected chi connectivity index (χ4v) is 0. The third-order valence-electron chi connectivity index (χ3n) is 0.500. The summed E-state index contributed by atoms with van der Waals surface area (Å²) in [4.78, 5) is 53.6. The van der Waals surface area contributed by atoms with Gasteiger partial charge < -0.3 is 92.3 Å². The average molecular weight is 718 g/mol. The summed E-state index contributed by atoms with van der Waals surface area (Å²) >= 11 is 0. The van der Waals surface area contributed by atoms with Crippen LogP contribution < -0.4 is 30.6 Å². The average Bonchev–Trinajstić information content (AvgIpc) is 2.18. The van der Waals surface area contributed by atoms with Gasteiger partial charge in [-0.15, -0.1) is 0 Å². The standard InChI is InChI=1S/3C2H2O4.6H2O.2Yb/c3*3-1(4)2(5)6;;;;;;;;/h3*(H,3,4)(H,5,6);6*1H2;;/q;;;;;;;;;2*+3/p-6. The second kappa shape index (κ2) is 44.2. The van der Waals surface area contributed by atoms with E-state index in [-0.39, 0.29) is 127 Å². The number of hydrogen-bond donors (Lipinski definition) is 0. The fraction of sp³-hybridized carbons (Fsp3) is 0. The molecular formula is C6H12O18Yb2. The first kappa shape index (κ1) is 72.7. The van der Waals surface area contributed by atoms with Crippen molar-refractivity contribution < 1.29 is 186 Å². The van der Waals surface area contributed by atoms with Gasteiger partial charge >= 0.3 is 93.8 Å². The van der Waals surface area contributed by atoms with Crippen LogP contribution in [-0.4, -0.2) is 68.7 Å². The first-order valence-corrected chi connectivity index (χ1v) is 3.20. The van der Waals surface area contributed by atoms with Crippen molar-refractivity contribution in [3.8, 4) is 0 Å². The Morgan fingerprint density at radius 2 is 0.346 bits per heavy atom. The van der Waals surface area contributed by atoms with Crippen molar-refractivity contribution in [2.45, 2.75) is 0 Å². The molecule has 0 amide bonds. The summed E-state index contributed by atoms with van der Waals surface area (Å²) in [6.07, 6.45) is 0. The zero-order valence-corrected chi connectivity index (χ0v) is 14.9. The van der Waals surface area contributed by atoms with Gasteiger partial charge in [-0.3, -0.25) is 0 Å². The molecule has 20 heteroatoms. The van der Waals surface area contributed by atoms with E-state index in [9.17, 15) is 0 Å². The summed E-state index contributed by atoms with van der Waals surface area (Å²) in [5, 5.41) is 53.6. The Labute approximate surface area is 219 Å². The quantitative estimate of drug-likeness (QED) is 0.211. The minimum atomic E-state index is -2.19. The number of carboxylic acids is 6. The van der Waals surface area contributed by atoms with Crippen LogP contribution in [0.2, 0.25) is 0 Å². The molecule has 26 heavy (non-hydrogen) atoms. The van der Waals surface area contributed by atoms with E-state index >= 15 is 0 Å². The molecule has 0 spiro atoms. The number of carbonyl (C=O) groups excluding carboxylic acids is 6. The van der Waals surface area contributed by atoms with Gasteiger partial charge in [-0.05, 0) is 0 Å². The number of aliphatic carboxylic acids is 6. The summed E-state index contributed by atoms with van der Waals surface area (Å²) in [5.41, 5.74) is 0. The SMILES string of the molecule is O.O.O.O.O.O.O=C([O-])C(=O)[O-].O=C([O-])C(=O)[O-].O=C([O-])C(=O)[O-].[Yb+3].[Yb+3]. The van der Waals surface area contributed by atoms with E-state index in [1.54, 1.807) is 0 Å². The van der Waals surface area contributed by atoms with Crippen LogP contribution >= 0.6 is 0 Å². The third kappa shape index (κ3) is 89.5. The summed E-state index contributed by atoms with van der Waals surface area (Å²) < 4.78 is 0. The van der Waals surface area contributed by atoms with Gasteiger partial charge in [-0.1, -0.05) is 0 Å². The topological polar surface area (TPSA) is 430 Å². The van der Waals surface area contributed by atoms with Gasteiger partial charge in [0, 0.05) is 0 Å². The third-order valence-corrected chi connectivity index (χ3v) is 0.500. The fourth-order valence-electron chi connectivity index (χ4n) is 0. The first-order valence-electron chi connectivity index (χ1n) is 3.20. The van der Waals surface area contributed by atoms with Crippen LogP contribution in [0.15, 0.2) is 0 Å². The maximum absolute atomic E-state index is 8.93. The molecule has 0 saturated heterocycles. The van der Waals surface area contributed by atoms with Crippen LogP contribution in [-0.2, 0) is 28.8 Å². The molecule has 18 nitrogen and oxygen atoms in total. The van der Waals surface area contributed by atoms with E-state index in [0.717, 1.165) is 0 Å². The molecule has 0 aliphatic rings. The molecule has 0 unspecified atom stereocenters. The van der Waals surface area contributed by atoms with Crippen LogP contribution in [0.5, 0.6) is 0 Å². The molecule has 0 fully saturated rings. The maximum Gasteiger partial charge on any atom is 3.00 e. The van der Waals surface area contributed by atoms with Crippen molar-refractivity contribution in [1.29, 1.82) is 0 Å². The van der Waals surface area contributed by atoms with E-state index in [2.05, 4.69) is 0 Å². The van der Waals surface area contributed by atoms with E-state index in [0.29, 0.717) is 0 Å². The molecule has 0 aromatic heterocycles. The minimum absolute atomic E-state index is 0. The van der Waals surface area contributed by atoms with Crippen LogP contribution in [0.25, 0.3) is 0 Å². The second-order valence-corrected chi connectivity index (χ2v) is 1.72. The number of rotatable bonds is 0. The smallest absolute Gasteiger partial charge is 0.543 e. The Morgan fingerprint density at radius 1 is 0.308 bits per heavy atom. The summed E-state index contributed by atoms with van der Waals surface area (Å²) in [6.45, 7) is 0. The van der Waals surface area contributed by atoms with Crippen molar-refractivity contribution in [1.82, 2.24) is 0 Å². The van der Waals surface area contributed by atoms with Gasteiger partial charge in [-0.2, -0.15) is 0 Å². The predicted octanol–water partition coefficient (Wildman–Crippen LogP) is -15.5. The van der Waals surface area contributed by atoms with Gasteiger partial charge in [0.2, 0.25) is 0 Å². The molecule has 0 heterocycles. The van der Waals surface area contributed by atoms with Gasteiger partial charge in [0.05, 0.1) is 35.8 Å². The van der Waals surface area contributed by atoms with Crippen LogP contribution in [0.1, 0.15) is 0 Å². The predicted molar refractivity (Wildman–Crippen MR) is 51.7 cm³/mol. The number of carboxylic acid groups (broad SMARTS) is 6. The van der Waals surface area contributed by atoms with E-state index < -0.39 is 35.8 Å². The summed E-state index contributed by atoms with van der Waals surface area (Å²) in [6, 6.07) is 0. The Kier molecular flexibility index (Phi) is 124. The molecule has 0 aliphatic heterocycles. The molecule has 0 aliphatic carbocycles. The van der Waals surface area contributed by atoms with Crippen molar-refractivity contribution in [3.05, 3.63) is 0 Å². The second-order valence-electron chi connectivity index (χ2n) is 1.72. The molecule has 0 atom stereocenters. The molecule has 0 bridgehead atoms.